The van der Waals surface area contributed by atoms with Crippen LogP contribution in [0.25, 0.3) is 11.2 Å². The van der Waals surface area contributed by atoms with Crippen molar-refractivity contribution >= 4 is 29.1 Å². The molecule has 1 atom stereocenters. The van der Waals surface area contributed by atoms with Crippen LogP contribution in [0.5, 0.6) is 0 Å². The average Bonchev–Trinajstić information content (AvgIpc) is 3.23. The fourth-order valence-electron chi connectivity index (χ4n) is 3.97. The molecule has 1 unspecified atom stereocenters. The number of nitrogens with zero attached hydrogens (tertiary/aromatic N) is 7. The van der Waals surface area contributed by atoms with E-state index in [1.165, 1.54) is 12.4 Å². The van der Waals surface area contributed by atoms with Crippen LogP contribution < -0.4 is 9.80 Å². The zero-order chi connectivity index (χ0) is 24.7. The number of rotatable bonds is 5. The van der Waals surface area contributed by atoms with Crippen LogP contribution in [0.15, 0.2) is 28.9 Å². The average molecular weight is 491 g/mol. The Balaban J connectivity index is 1.13. The van der Waals surface area contributed by atoms with E-state index >= 15 is 0 Å². The SMILES string of the molecule is Cc1ccc2oc(N3CCN(C(=O)c4cnc(N5CC(OC(C)C(F)(F)F)C5)nc4)CC3)nc2n1. The molecule has 186 valence electrons. The van der Waals surface area contributed by atoms with Gasteiger partial charge in [0.15, 0.2) is 11.7 Å². The third-order valence-corrected chi connectivity index (χ3v) is 6.09. The molecule has 3 aromatic heterocycles. The minimum Gasteiger partial charge on any atom is -0.422 e. The Bertz CT molecular complexity index is 1200. The quantitative estimate of drug-likeness (QED) is 0.533. The van der Waals surface area contributed by atoms with Gasteiger partial charge in [0.25, 0.3) is 11.9 Å². The number of anilines is 2. The number of pyridine rings is 1. The Hall–Kier alpha value is -3.48. The minimum absolute atomic E-state index is 0.185. The molecule has 0 spiro atoms. The number of carbonyl (C=O) groups is 1. The lowest BCUT2D eigenvalue weighted by molar-refractivity contribution is -0.228. The molecule has 3 aromatic rings. The summed E-state index contributed by atoms with van der Waals surface area (Å²) in [5.74, 6) is 0.167. The molecule has 5 heterocycles. The summed E-state index contributed by atoms with van der Waals surface area (Å²) in [7, 11) is 0. The number of alkyl halides is 3. The largest absolute Gasteiger partial charge is 0.422 e. The molecule has 1 amide bonds. The highest BCUT2D eigenvalue weighted by Crippen LogP contribution is 2.27. The molecule has 13 heteroatoms. The number of halogens is 3. The Morgan fingerprint density at radius 1 is 1.09 bits per heavy atom. The Kier molecular flexibility index (Phi) is 5.95. The van der Waals surface area contributed by atoms with E-state index in [1.54, 1.807) is 9.80 Å². The molecule has 0 N–H and O–H groups in total. The Morgan fingerprint density at radius 2 is 1.77 bits per heavy atom. The van der Waals surface area contributed by atoms with E-state index in [9.17, 15) is 18.0 Å². The molecule has 35 heavy (non-hydrogen) atoms. The number of oxazole rings is 1. The van der Waals surface area contributed by atoms with Crippen molar-refractivity contribution in [3.8, 4) is 0 Å². The fourth-order valence-corrected chi connectivity index (χ4v) is 3.97. The van der Waals surface area contributed by atoms with Gasteiger partial charge in [0.1, 0.15) is 0 Å². The predicted octanol–water partition coefficient (Wildman–Crippen LogP) is 2.44. The van der Waals surface area contributed by atoms with Crippen LogP contribution in [-0.4, -0.2) is 88.4 Å². The van der Waals surface area contributed by atoms with Crippen LogP contribution in [0, 0.1) is 6.92 Å². The highest BCUT2D eigenvalue weighted by atomic mass is 19.4. The van der Waals surface area contributed by atoms with Crippen molar-refractivity contribution in [2.75, 3.05) is 49.1 Å². The zero-order valence-electron chi connectivity index (χ0n) is 19.2. The maximum Gasteiger partial charge on any atom is 0.414 e. The maximum absolute atomic E-state index is 12.9. The van der Waals surface area contributed by atoms with Gasteiger partial charge in [0.2, 0.25) is 11.6 Å². The van der Waals surface area contributed by atoms with Crippen molar-refractivity contribution in [2.24, 2.45) is 0 Å². The van der Waals surface area contributed by atoms with Gasteiger partial charge in [0.05, 0.1) is 11.7 Å². The number of carbonyl (C=O) groups excluding carboxylic acids is 1. The second kappa shape index (κ2) is 8.95. The van der Waals surface area contributed by atoms with Gasteiger partial charge >= 0.3 is 6.18 Å². The molecule has 2 aliphatic rings. The van der Waals surface area contributed by atoms with Gasteiger partial charge in [0, 0.05) is 57.4 Å². The van der Waals surface area contributed by atoms with Crippen LogP contribution in [0.1, 0.15) is 23.0 Å². The summed E-state index contributed by atoms with van der Waals surface area (Å²) < 4.78 is 48.7. The summed E-state index contributed by atoms with van der Waals surface area (Å²) in [5.41, 5.74) is 2.39. The van der Waals surface area contributed by atoms with Gasteiger partial charge in [-0.1, -0.05) is 0 Å². The first-order chi connectivity index (χ1) is 16.7. The lowest BCUT2D eigenvalue weighted by atomic mass is 10.1. The molecule has 2 fully saturated rings. The molecular formula is C22H24F3N7O3. The van der Waals surface area contributed by atoms with Gasteiger partial charge in [-0.25, -0.2) is 15.0 Å². The summed E-state index contributed by atoms with van der Waals surface area (Å²) in [6.07, 6.45) is -3.85. The van der Waals surface area contributed by atoms with Crippen LogP contribution in [0.2, 0.25) is 0 Å². The Labute approximate surface area is 198 Å². The van der Waals surface area contributed by atoms with Crippen LogP contribution >= 0.6 is 0 Å². The number of aryl methyl sites for hydroxylation is 1. The monoisotopic (exact) mass is 491 g/mol. The second-order valence-electron chi connectivity index (χ2n) is 8.67. The first-order valence-corrected chi connectivity index (χ1v) is 11.2. The number of piperazine rings is 1. The highest BCUT2D eigenvalue weighted by Gasteiger charge is 2.41. The van der Waals surface area contributed by atoms with Crippen molar-refractivity contribution in [2.45, 2.75) is 32.2 Å². The molecule has 10 nitrogen and oxygen atoms in total. The van der Waals surface area contributed by atoms with E-state index in [2.05, 4.69) is 19.9 Å². The normalized spacial score (nSPS) is 18.1. The number of hydrogen-bond acceptors (Lipinski definition) is 9. The smallest absolute Gasteiger partial charge is 0.414 e. The van der Waals surface area contributed by atoms with E-state index in [0.29, 0.717) is 54.9 Å². The molecule has 0 aliphatic carbocycles. The molecule has 2 aliphatic heterocycles. The molecule has 5 rings (SSSR count). The maximum atomic E-state index is 12.9. The highest BCUT2D eigenvalue weighted by molar-refractivity contribution is 5.93. The van der Waals surface area contributed by atoms with Crippen LogP contribution in [0.4, 0.5) is 25.1 Å². The van der Waals surface area contributed by atoms with Gasteiger partial charge in [-0.3, -0.25) is 4.79 Å². The standard InChI is InChI=1S/C22H24F3N7O3/c1-13-3-4-17-18(28-13)29-21(35-17)31-7-5-30(6-8-31)19(33)15-9-26-20(27-10-15)32-11-16(12-32)34-14(2)22(23,24)25/h3-4,9-10,14,16H,5-8,11-12H2,1-2H3. The van der Waals surface area contributed by atoms with Crippen LogP contribution in [0.3, 0.4) is 0 Å². The van der Waals surface area contributed by atoms with Crippen LogP contribution in [-0.2, 0) is 4.74 Å². The van der Waals surface area contributed by atoms with Crippen molar-refractivity contribution in [3.05, 3.63) is 35.8 Å². The number of aromatic nitrogens is 4. The zero-order valence-corrected chi connectivity index (χ0v) is 19.2. The van der Waals surface area contributed by atoms with Gasteiger partial charge < -0.3 is 23.9 Å². The third-order valence-electron chi connectivity index (χ3n) is 6.09. The number of amides is 1. The van der Waals surface area contributed by atoms with E-state index in [-0.39, 0.29) is 19.0 Å². The molecule has 0 aromatic carbocycles. The summed E-state index contributed by atoms with van der Waals surface area (Å²) in [6.45, 7) is 5.49. The minimum atomic E-state index is -4.39. The van der Waals surface area contributed by atoms with Gasteiger partial charge in [-0.05, 0) is 26.0 Å². The van der Waals surface area contributed by atoms with E-state index < -0.39 is 18.4 Å². The van der Waals surface area contributed by atoms with E-state index in [4.69, 9.17) is 9.15 Å². The van der Waals surface area contributed by atoms with Crippen molar-refractivity contribution in [1.29, 1.82) is 0 Å². The van der Waals surface area contributed by atoms with E-state index in [1.807, 2.05) is 24.0 Å². The second-order valence-corrected chi connectivity index (χ2v) is 8.67. The summed E-state index contributed by atoms with van der Waals surface area (Å²) in [4.78, 5) is 35.5. The number of ether oxygens (including phenoxy) is 1. The van der Waals surface area contributed by atoms with Gasteiger partial charge in [-0.15, -0.1) is 0 Å². The number of hydrogen-bond donors (Lipinski definition) is 0. The Morgan fingerprint density at radius 3 is 2.43 bits per heavy atom. The first-order valence-electron chi connectivity index (χ1n) is 11.2. The van der Waals surface area contributed by atoms with E-state index in [0.717, 1.165) is 12.6 Å². The van der Waals surface area contributed by atoms with Gasteiger partial charge in [-0.2, -0.15) is 18.2 Å². The topological polar surface area (TPSA) is 101 Å². The molecule has 2 saturated heterocycles. The third kappa shape index (κ3) is 4.85. The molecule has 0 bridgehead atoms. The molecule has 0 radical (unpaired) electrons. The summed E-state index contributed by atoms with van der Waals surface area (Å²) in [5, 5.41) is 0. The summed E-state index contributed by atoms with van der Waals surface area (Å²) >= 11 is 0. The molecule has 0 saturated carbocycles. The van der Waals surface area contributed by atoms with Crippen molar-refractivity contribution < 1.29 is 27.1 Å². The first kappa shape index (κ1) is 23.3. The lowest BCUT2D eigenvalue weighted by Gasteiger charge is -2.40. The summed E-state index contributed by atoms with van der Waals surface area (Å²) in [6, 6.07) is 4.19. The fraction of sp³-hybridized carbons (Fsp3) is 0.500. The number of fused-ring (bicyclic) bond motifs is 1. The molecular weight excluding hydrogens is 467 g/mol. The lowest BCUT2D eigenvalue weighted by Crippen LogP contribution is -2.55. The van der Waals surface area contributed by atoms with Crippen molar-refractivity contribution in [1.82, 2.24) is 24.8 Å². The van der Waals surface area contributed by atoms with Crippen molar-refractivity contribution in [3.63, 3.8) is 0 Å². The predicted molar refractivity (Wildman–Crippen MR) is 119 cm³/mol.